The molecule has 0 spiro atoms. The van der Waals surface area contributed by atoms with Crippen LogP contribution in [0, 0.1) is 17.0 Å². The highest BCUT2D eigenvalue weighted by Crippen LogP contribution is 2.25. The predicted molar refractivity (Wildman–Crippen MR) is 90.7 cm³/mol. The van der Waals surface area contributed by atoms with Gasteiger partial charge in [-0.2, -0.15) is 0 Å². The monoisotopic (exact) mass is 349 g/mol. The molecular weight excluding hydrogens is 334 g/mol. The van der Waals surface area contributed by atoms with Crippen LogP contribution < -0.4 is 10.0 Å². The number of nitro groups is 1. The van der Waals surface area contributed by atoms with E-state index in [4.69, 9.17) is 0 Å². The average molecular weight is 349 g/mol. The summed E-state index contributed by atoms with van der Waals surface area (Å²) in [7, 11) is -3.52. The summed E-state index contributed by atoms with van der Waals surface area (Å²) in [5.74, 6) is -0.570. The fourth-order valence-electron chi connectivity index (χ4n) is 2.14. The Kier molecular flexibility index (Phi) is 4.84. The van der Waals surface area contributed by atoms with Gasteiger partial charge in [0, 0.05) is 17.2 Å². The van der Waals surface area contributed by atoms with E-state index in [0.717, 1.165) is 6.26 Å². The predicted octanol–water partition coefficient (Wildman–Crippen LogP) is 2.53. The molecule has 2 aromatic carbocycles. The third-order valence-electron chi connectivity index (χ3n) is 3.22. The molecule has 0 atom stereocenters. The smallest absolute Gasteiger partial charge is 0.273 e. The SMILES string of the molecule is Cc1c(C(=O)Nc2ccccc2NS(C)(=O)=O)cccc1[N+](=O)[O-]. The van der Waals surface area contributed by atoms with Gasteiger partial charge in [0.25, 0.3) is 11.6 Å². The summed E-state index contributed by atoms with van der Waals surface area (Å²) in [4.78, 5) is 22.8. The highest BCUT2D eigenvalue weighted by molar-refractivity contribution is 7.92. The lowest BCUT2D eigenvalue weighted by atomic mass is 10.1. The molecule has 2 rings (SSSR count). The highest BCUT2D eigenvalue weighted by Gasteiger charge is 2.19. The Morgan fingerprint density at radius 2 is 1.71 bits per heavy atom. The van der Waals surface area contributed by atoms with Gasteiger partial charge in [0.1, 0.15) is 0 Å². The maximum absolute atomic E-state index is 12.4. The molecule has 0 aliphatic heterocycles. The summed E-state index contributed by atoms with van der Waals surface area (Å²) >= 11 is 0. The van der Waals surface area contributed by atoms with Crippen molar-refractivity contribution < 1.29 is 18.1 Å². The van der Waals surface area contributed by atoms with Crippen LogP contribution in [0.5, 0.6) is 0 Å². The zero-order valence-electron chi connectivity index (χ0n) is 12.9. The van der Waals surface area contributed by atoms with Crippen LogP contribution >= 0.6 is 0 Å². The van der Waals surface area contributed by atoms with Crippen molar-refractivity contribution in [2.24, 2.45) is 0 Å². The number of nitrogens with zero attached hydrogens (tertiary/aromatic N) is 1. The number of benzene rings is 2. The lowest BCUT2D eigenvalue weighted by Crippen LogP contribution is -2.17. The molecule has 126 valence electrons. The summed E-state index contributed by atoms with van der Waals surface area (Å²) in [5, 5.41) is 13.5. The van der Waals surface area contributed by atoms with Gasteiger partial charge in [-0.25, -0.2) is 8.42 Å². The van der Waals surface area contributed by atoms with Crippen LogP contribution in [0.3, 0.4) is 0 Å². The van der Waals surface area contributed by atoms with Gasteiger partial charge in [0.15, 0.2) is 0 Å². The van der Waals surface area contributed by atoms with Crippen molar-refractivity contribution in [3.8, 4) is 0 Å². The van der Waals surface area contributed by atoms with E-state index in [-0.39, 0.29) is 28.2 Å². The number of carbonyl (C=O) groups excluding carboxylic acids is 1. The first-order chi connectivity index (χ1) is 11.2. The van der Waals surface area contributed by atoms with Gasteiger partial charge in [-0.3, -0.25) is 19.6 Å². The van der Waals surface area contributed by atoms with Crippen molar-refractivity contribution in [1.29, 1.82) is 0 Å². The van der Waals surface area contributed by atoms with E-state index >= 15 is 0 Å². The minimum Gasteiger partial charge on any atom is -0.320 e. The molecule has 0 aliphatic rings. The molecule has 0 saturated heterocycles. The molecule has 1 amide bonds. The van der Waals surface area contributed by atoms with Crippen LogP contribution in [0.1, 0.15) is 15.9 Å². The van der Waals surface area contributed by atoms with E-state index in [0.29, 0.717) is 0 Å². The maximum atomic E-state index is 12.4. The number of hydrogen-bond donors (Lipinski definition) is 2. The Morgan fingerprint density at radius 3 is 2.29 bits per heavy atom. The summed E-state index contributed by atoms with van der Waals surface area (Å²) in [5.41, 5.74) is 0.660. The minimum atomic E-state index is -3.52. The Balaban J connectivity index is 2.35. The second-order valence-electron chi connectivity index (χ2n) is 5.08. The van der Waals surface area contributed by atoms with Gasteiger partial charge in [-0.15, -0.1) is 0 Å². The molecule has 0 fully saturated rings. The number of carbonyl (C=O) groups is 1. The average Bonchev–Trinajstić information content (AvgIpc) is 2.47. The van der Waals surface area contributed by atoms with Crippen LogP contribution in [0.4, 0.5) is 17.1 Å². The summed E-state index contributed by atoms with van der Waals surface area (Å²) < 4.78 is 25.1. The van der Waals surface area contributed by atoms with E-state index in [1.807, 2.05) is 0 Å². The molecule has 8 nitrogen and oxygen atoms in total. The molecular formula is C15H15N3O5S. The van der Waals surface area contributed by atoms with Gasteiger partial charge in [-0.1, -0.05) is 18.2 Å². The van der Waals surface area contributed by atoms with E-state index in [9.17, 15) is 23.3 Å². The van der Waals surface area contributed by atoms with Gasteiger partial charge >= 0.3 is 0 Å². The van der Waals surface area contributed by atoms with Crippen LogP contribution in [0.2, 0.25) is 0 Å². The van der Waals surface area contributed by atoms with Crippen molar-refractivity contribution >= 4 is 33.0 Å². The van der Waals surface area contributed by atoms with Crippen LogP contribution in [0.15, 0.2) is 42.5 Å². The number of para-hydroxylation sites is 2. The second kappa shape index (κ2) is 6.67. The molecule has 0 aromatic heterocycles. The third-order valence-corrected chi connectivity index (χ3v) is 3.81. The maximum Gasteiger partial charge on any atom is 0.273 e. The molecule has 0 heterocycles. The molecule has 2 N–H and O–H groups in total. The molecule has 0 unspecified atom stereocenters. The molecule has 24 heavy (non-hydrogen) atoms. The normalized spacial score (nSPS) is 10.9. The number of nitrogens with one attached hydrogen (secondary N) is 2. The number of nitro benzene ring substituents is 1. The lowest BCUT2D eigenvalue weighted by molar-refractivity contribution is -0.385. The zero-order chi connectivity index (χ0) is 17.9. The Morgan fingerprint density at radius 1 is 1.08 bits per heavy atom. The standard InChI is InChI=1S/C15H15N3O5S/c1-10-11(6-5-9-14(10)18(20)21)15(19)16-12-7-3-4-8-13(12)17-24(2,22)23/h3-9,17H,1-2H3,(H,16,19). The van der Waals surface area contributed by atoms with Crippen molar-refractivity contribution in [2.45, 2.75) is 6.92 Å². The highest BCUT2D eigenvalue weighted by atomic mass is 32.2. The summed E-state index contributed by atoms with van der Waals surface area (Å²) in [6.45, 7) is 1.48. The van der Waals surface area contributed by atoms with E-state index < -0.39 is 20.9 Å². The summed E-state index contributed by atoms with van der Waals surface area (Å²) in [6, 6.07) is 10.5. The number of amides is 1. The first-order valence-electron chi connectivity index (χ1n) is 6.81. The van der Waals surface area contributed by atoms with Crippen LogP contribution in [-0.2, 0) is 10.0 Å². The number of sulfonamides is 1. The Hall–Kier alpha value is -2.94. The molecule has 2 aromatic rings. The Bertz CT molecular complexity index is 909. The minimum absolute atomic E-state index is 0.137. The Labute approximate surface area is 138 Å². The quantitative estimate of drug-likeness (QED) is 0.635. The van der Waals surface area contributed by atoms with Crippen molar-refractivity contribution in [1.82, 2.24) is 0 Å². The van der Waals surface area contributed by atoms with Gasteiger partial charge < -0.3 is 5.32 Å². The lowest BCUT2D eigenvalue weighted by Gasteiger charge is -2.12. The van der Waals surface area contributed by atoms with Crippen LogP contribution in [-0.4, -0.2) is 25.5 Å². The van der Waals surface area contributed by atoms with Crippen molar-refractivity contribution in [2.75, 3.05) is 16.3 Å². The third kappa shape index (κ3) is 4.07. The van der Waals surface area contributed by atoms with Crippen molar-refractivity contribution in [3.05, 3.63) is 63.7 Å². The van der Waals surface area contributed by atoms with Gasteiger partial charge in [-0.05, 0) is 25.1 Å². The second-order valence-corrected chi connectivity index (χ2v) is 6.83. The molecule has 0 aliphatic carbocycles. The molecule has 0 bridgehead atoms. The fraction of sp³-hybridized carbons (Fsp3) is 0.133. The molecule has 9 heteroatoms. The summed E-state index contributed by atoms with van der Waals surface area (Å²) in [6.07, 6.45) is 0.996. The van der Waals surface area contributed by atoms with E-state index in [1.54, 1.807) is 12.1 Å². The first-order valence-corrected chi connectivity index (χ1v) is 8.70. The van der Waals surface area contributed by atoms with Crippen molar-refractivity contribution in [3.63, 3.8) is 0 Å². The van der Waals surface area contributed by atoms with E-state index in [1.165, 1.54) is 37.3 Å². The van der Waals surface area contributed by atoms with Gasteiger partial charge in [0.05, 0.1) is 22.6 Å². The number of hydrogen-bond acceptors (Lipinski definition) is 5. The molecule has 0 saturated carbocycles. The number of rotatable bonds is 5. The van der Waals surface area contributed by atoms with E-state index in [2.05, 4.69) is 10.0 Å². The number of anilines is 2. The molecule has 0 radical (unpaired) electrons. The van der Waals surface area contributed by atoms with Gasteiger partial charge in [0.2, 0.25) is 10.0 Å². The van der Waals surface area contributed by atoms with Crippen LogP contribution in [0.25, 0.3) is 0 Å². The topological polar surface area (TPSA) is 118 Å². The fourth-order valence-corrected chi connectivity index (χ4v) is 2.72. The zero-order valence-corrected chi connectivity index (χ0v) is 13.8. The first kappa shape index (κ1) is 17.4. The largest absolute Gasteiger partial charge is 0.320 e.